The molecule has 0 radical (unpaired) electrons. The van der Waals surface area contributed by atoms with Crippen molar-refractivity contribution >= 4 is 23.3 Å². The van der Waals surface area contributed by atoms with Crippen molar-refractivity contribution < 1.29 is 36.5 Å². The first-order chi connectivity index (χ1) is 13.5. The molecule has 9 nitrogen and oxygen atoms in total. The van der Waals surface area contributed by atoms with Crippen molar-refractivity contribution in [3.05, 3.63) is 67.8 Å². The first-order valence-corrected chi connectivity index (χ1v) is 7.37. The summed E-state index contributed by atoms with van der Waals surface area (Å²) in [7, 11) is 0. The lowest BCUT2D eigenvalue weighted by atomic mass is 10.1. The molecular formula is C15H9F5N4O5. The Bertz CT molecular complexity index is 965. The van der Waals surface area contributed by atoms with E-state index in [1.54, 1.807) is 0 Å². The maximum Gasteiger partial charge on any atom is 0.416 e. The summed E-state index contributed by atoms with van der Waals surface area (Å²) < 4.78 is 67.1. The highest BCUT2D eigenvalue weighted by Gasteiger charge is 2.33. The second-order valence-electron chi connectivity index (χ2n) is 5.21. The molecule has 0 bridgehead atoms. The molecule has 2 aromatic rings. The van der Waals surface area contributed by atoms with Crippen LogP contribution < -0.4 is 10.2 Å². The van der Waals surface area contributed by atoms with Gasteiger partial charge in [0.25, 0.3) is 11.4 Å². The van der Waals surface area contributed by atoms with Crippen LogP contribution in [0.3, 0.4) is 0 Å². The third-order valence-corrected chi connectivity index (χ3v) is 3.33. The minimum Gasteiger partial charge on any atom is -0.434 e. The number of nitrogens with one attached hydrogen (secondary N) is 1. The SMILES string of the molecule is O=[N+]([O-])c1ccc(OC(F)F)c(C=NNc2ccc(C(F)(F)F)cc2[N+](=O)[O-])c1. The van der Waals surface area contributed by atoms with E-state index >= 15 is 0 Å². The van der Waals surface area contributed by atoms with Gasteiger partial charge in [-0.1, -0.05) is 0 Å². The molecule has 0 heterocycles. The normalized spacial score (nSPS) is 11.7. The van der Waals surface area contributed by atoms with E-state index in [1.807, 2.05) is 0 Å². The Kier molecular flexibility index (Phi) is 6.25. The Balaban J connectivity index is 2.34. The van der Waals surface area contributed by atoms with Gasteiger partial charge in [-0.15, -0.1) is 0 Å². The molecule has 0 atom stereocenters. The van der Waals surface area contributed by atoms with Crippen LogP contribution in [0.2, 0.25) is 0 Å². The van der Waals surface area contributed by atoms with Crippen LogP contribution in [0, 0.1) is 20.2 Å². The number of non-ortho nitro benzene ring substituents is 1. The number of halogens is 5. The summed E-state index contributed by atoms with van der Waals surface area (Å²) in [6, 6.07) is 4.27. The van der Waals surface area contributed by atoms with E-state index in [4.69, 9.17) is 0 Å². The smallest absolute Gasteiger partial charge is 0.416 e. The molecule has 1 N–H and O–H groups in total. The van der Waals surface area contributed by atoms with Gasteiger partial charge in [-0.2, -0.15) is 27.1 Å². The molecule has 0 fully saturated rings. The molecule has 0 amide bonds. The third kappa shape index (κ3) is 5.57. The van der Waals surface area contributed by atoms with Crippen molar-refractivity contribution in [2.75, 3.05) is 5.43 Å². The van der Waals surface area contributed by atoms with Crippen LogP contribution in [0.4, 0.5) is 39.0 Å². The Morgan fingerprint density at radius 1 is 1.07 bits per heavy atom. The summed E-state index contributed by atoms with van der Waals surface area (Å²) in [4.78, 5) is 19.9. The summed E-state index contributed by atoms with van der Waals surface area (Å²) in [5.74, 6) is -0.474. The van der Waals surface area contributed by atoms with Crippen molar-refractivity contribution in [1.29, 1.82) is 0 Å². The van der Waals surface area contributed by atoms with Crippen LogP contribution >= 0.6 is 0 Å². The van der Waals surface area contributed by atoms with Crippen LogP contribution in [0.5, 0.6) is 5.75 Å². The number of hydrogen-bond donors (Lipinski definition) is 1. The highest BCUT2D eigenvalue weighted by molar-refractivity contribution is 5.85. The van der Waals surface area contributed by atoms with Gasteiger partial charge in [0.2, 0.25) is 0 Å². The number of ether oxygens (including phenoxy) is 1. The minimum atomic E-state index is -4.81. The number of benzene rings is 2. The number of hydrogen-bond acceptors (Lipinski definition) is 7. The molecule has 0 aromatic heterocycles. The Hall–Kier alpha value is -3.84. The van der Waals surface area contributed by atoms with Crippen LogP contribution in [-0.2, 0) is 6.18 Å². The molecule has 0 unspecified atom stereocenters. The van der Waals surface area contributed by atoms with Gasteiger partial charge in [-0.25, -0.2) is 0 Å². The quantitative estimate of drug-likeness (QED) is 0.303. The molecule has 0 saturated heterocycles. The van der Waals surface area contributed by atoms with Gasteiger partial charge in [0, 0.05) is 23.8 Å². The monoisotopic (exact) mass is 420 g/mol. The fraction of sp³-hybridized carbons (Fsp3) is 0.133. The number of nitro benzene ring substituents is 2. The average Bonchev–Trinajstić information content (AvgIpc) is 2.61. The summed E-state index contributed by atoms with van der Waals surface area (Å²) in [5.41, 5.74) is -1.29. The Labute approximate surface area is 157 Å². The van der Waals surface area contributed by atoms with E-state index in [0.29, 0.717) is 6.07 Å². The van der Waals surface area contributed by atoms with Crippen LogP contribution in [-0.4, -0.2) is 22.7 Å². The second kappa shape index (κ2) is 8.45. The van der Waals surface area contributed by atoms with Crippen molar-refractivity contribution in [2.24, 2.45) is 5.10 Å². The average molecular weight is 420 g/mol. The van der Waals surface area contributed by atoms with Crippen molar-refractivity contribution in [3.63, 3.8) is 0 Å². The number of rotatable bonds is 7. The number of alkyl halides is 5. The minimum absolute atomic E-state index is 0.276. The molecule has 2 aromatic carbocycles. The molecule has 29 heavy (non-hydrogen) atoms. The molecule has 154 valence electrons. The van der Waals surface area contributed by atoms with Crippen LogP contribution in [0.25, 0.3) is 0 Å². The van der Waals surface area contributed by atoms with E-state index in [0.717, 1.165) is 30.5 Å². The summed E-state index contributed by atoms with van der Waals surface area (Å²) in [5, 5.41) is 25.3. The topological polar surface area (TPSA) is 120 Å². The van der Waals surface area contributed by atoms with Gasteiger partial charge in [0.05, 0.1) is 21.6 Å². The molecular weight excluding hydrogens is 411 g/mol. The van der Waals surface area contributed by atoms with Gasteiger partial charge < -0.3 is 4.74 Å². The van der Waals surface area contributed by atoms with Crippen molar-refractivity contribution in [3.8, 4) is 5.75 Å². The zero-order valence-corrected chi connectivity index (χ0v) is 13.9. The largest absolute Gasteiger partial charge is 0.434 e. The standard InChI is InChI=1S/C15H9F5N4O5/c16-14(17)29-13-4-2-10(23(25)26)5-8(13)7-21-22-11-3-1-9(15(18,19)20)6-12(11)24(27)28/h1-7,14,22H. The Morgan fingerprint density at radius 3 is 2.31 bits per heavy atom. The van der Waals surface area contributed by atoms with E-state index in [1.165, 1.54) is 0 Å². The second-order valence-corrected chi connectivity index (χ2v) is 5.21. The number of nitrogens with zero attached hydrogens (tertiary/aromatic N) is 3. The zero-order chi connectivity index (χ0) is 21.8. The third-order valence-electron chi connectivity index (χ3n) is 3.33. The lowest BCUT2D eigenvalue weighted by Crippen LogP contribution is -2.07. The Morgan fingerprint density at radius 2 is 1.76 bits per heavy atom. The first-order valence-electron chi connectivity index (χ1n) is 7.37. The maximum atomic E-state index is 12.7. The molecule has 0 aliphatic rings. The summed E-state index contributed by atoms with van der Waals surface area (Å²) >= 11 is 0. The van der Waals surface area contributed by atoms with Crippen molar-refractivity contribution in [1.82, 2.24) is 0 Å². The molecule has 0 aliphatic carbocycles. The van der Waals surface area contributed by atoms with Gasteiger partial charge in [0.15, 0.2) is 0 Å². The fourth-order valence-corrected chi connectivity index (χ4v) is 2.08. The number of nitro groups is 2. The fourth-order valence-electron chi connectivity index (χ4n) is 2.08. The first kappa shape index (κ1) is 21.5. The van der Waals surface area contributed by atoms with Gasteiger partial charge in [-0.3, -0.25) is 25.7 Å². The van der Waals surface area contributed by atoms with Gasteiger partial charge >= 0.3 is 12.8 Å². The highest BCUT2D eigenvalue weighted by Crippen LogP contribution is 2.35. The van der Waals surface area contributed by atoms with Gasteiger partial charge in [-0.05, 0) is 18.2 Å². The number of hydrazone groups is 1. The lowest BCUT2D eigenvalue weighted by Gasteiger charge is -2.09. The molecule has 14 heteroatoms. The molecule has 0 saturated carbocycles. The predicted octanol–water partition coefficient (Wildman–Crippen LogP) is 4.57. The van der Waals surface area contributed by atoms with Crippen LogP contribution in [0.15, 0.2) is 41.5 Å². The molecule has 0 aliphatic heterocycles. The van der Waals surface area contributed by atoms with Crippen LogP contribution in [0.1, 0.15) is 11.1 Å². The molecule has 2 rings (SSSR count). The number of anilines is 1. The van der Waals surface area contributed by atoms with E-state index < -0.39 is 51.0 Å². The maximum absolute atomic E-state index is 12.7. The summed E-state index contributed by atoms with van der Waals surface area (Å²) in [6.07, 6.45) is -4.02. The van der Waals surface area contributed by atoms with E-state index in [9.17, 15) is 42.2 Å². The molecule has 0 spiro atoms. The lowest BCUT2D eigenvalue weighted by molar-refractivity contribution is -0.384. The summed E-state index contributed by atoms with van der Waals surface area (Å²) in [6.45, 7) is -3.24. The van der Waals surface area contributed by atoms with E-state index in [2.05, 4.69) is 15.3 Å². The zero-order valence-electron chi connectivity index (χ0n) is 13.9. The van der Waals surface area contributed by atoms with E-state index in [-0.39, 0.29) is 11.6 Å². The van der Waals surface area contributed by atoms with Crippen molar-refractivity contribution in [2.45, 2.75) is 12.8 Å². The highest BCUT2D eigenvalue weighted by atomic mass is 19.4. The predicted molar refractivity (Wildman–Crippen MR) is 89.0 cm³/mol. The van der Waals surface area contributed by atoms with Gasteiger partial charge in [0.1, 0.15) is 11.4 Å².